The summed E-state index contributed by atoms with van der Waals surface area (Å²) in [5, 5.41) is 8.33. The van der Waals surface area contributed by atoms with Crippen molar-refractivity contribution < 1.29 is 0 Å². The fourth-order valence-corrected chi connectivity index (χ4v) is 2.63. The number of aromatic nitrogens is 3. The lowest BCUT2D eigenvalue weighted by Gasteiger charge is -2.21. The van der Waals surface area contributed by atoms with Crippen LogP contribution in [0, 0.1) is 11.8 Å². The molecule has 1 fully saturated rings. The second-order valence-electron chi connectivity index (χ2n) is 5.50. The molecule has 0 aromatic carbocycles. The highest BCUT2D eigenvalue weighted by Gasteiger charge is 2.17. The molecule has 3 heteroatoms. The van der Waals surface area contributed by atoms with E-state index in [1.807, 2.05) is 6.33 Å². The van der Waals surface area contributed by atoms with Crippen molar-refractivity contribution in [2.24, 2.45) is 11.8 Å². The largest absolute Gasteiger partial charge is 0.317 e. The molecular formula is C13H23N3. The summed E-state index contributed by atoms with van der Waals surface area (Å²) in [6, 6.07) is 0. The minimum atomic E-state index is 0.668. The first kappa shape index (κ1) is 11.6. The molecule has 16 heavy (non-hydrogen) atoms. The molecule has 0 saturated heterocycles. The van der Waals surface area contributed by atoms with Crippen LogP contribution in [0.2, 0.25) is 0 Å². The molecule has 2 rings (SSSR count). The summed E-state index contributed by atoms with van der Waals surface area (Å²) in [7, 11) is 0. The van der Waals surface area contributed by atoms with Crippen molar-refractivity contribution in [3.05, 3.63) is 12.2 Å². The average molecular weight is 221 g/mol. The normalized spacial score (nSPS) is 18.2. The van der Waals surface area contributed by atoms with Gasteiger partial charge in [0.2, 0.25) is 0 Å². The van der Waals surface area contributed by atoms with E-state index in [0.29, 0.717) is 5.92 Å². The average Bonchev–Trinajstić information content (AvgIpc) is 2.66. The van der Waals surface area contributed by atoms with Gasteiger partial charge in [-0.2, -0.15) is 0 Å². The molecule has 1 saturated carbocycles. The van der Waals surface area contributed by atoms with Crippen LogP contribution in [0.1, 0.15) is 51.8 Å². The smallest absolute Gasteiger partial charge is 0.133 e. The molecule has 0 atom stereocenters. The van der Waals surface area contributed by atoms with Crippen molar-refractivity contribution in [3.63, 3.8) is 0 Å². The van der Waals surface area contributed by atoms with E-state index < -0.39 is 0 Å². The third-order valence-corrected chi connectivity index (χ3v) is 3.45. The van der Waals surface area contributed by atoms with Crippen LogP contribution < -0.4 is 0 Å². The van der Waals surface area contributed by atoms with Crippen molar-refractivity contribution in [2.45, 2.75) is 58.9 Å². The minimum absolute atomic E-state index is 0.668. The van der Waals surface area contributed by atoms with Crippen molar-refractivity contribution in [3.8, 4) is 0 Å². The maximum Gasteiger partial charge on any atom is 0.133 e. The quantitative estimate of drug-likeness (QED) is 0.782. The summed E-state index contributed by atoms with van der Waals surface area (Å²) < 4.78 is 2.24. The Hall–Kier alpha value is -0.860. The van der Waals surface area contributed by atoms with E-state index in [9.17, 15) is 0 Å². The van der Waals surface area contributed by atoms with E-state index in [-0.39, 0.29) is 0 Å². The van der Waals surface area contributed by atoms with Crippen LogP contribution in [0.25, 0.3) is 0 Å². The molecule has 0 aliphatic heterocycles. The molecule has 90 valence electrons. The van der Waals surface area contributed by atoms with Gasteiger partial charge >= 0.3 is 0 Å². The van der Waals surface area contributed by atoms with Crippen molar-refractivity contribution >= 4 is 0 Å². The maximum atomic E-state index is 4.28. The van der Waals surface area contributed by atoms with Crippen LogP contribution in [-0.2, 0) is 13.0 Å². The molecule has 1 heterocycles. The third kappa shape index (κ3) is 3.06. The van der Waals surface area contributed by atoms with Crippen LogP contribution in [0.4, 0.5) is 0 Å². The summed E-state index contributed by atoms with van der Waals surface area (Å²) in [4.78, 5) is 0. The molecule has 0 N–H and O–H groups in total. The van der Waals surface area contributed by atoms with Gasteiger partial charge in [-0.3, -0.25) is 0 Å². The summed E-state index contributed by atoms with van der Waals surface area (Å²) in [6.45, 7) is 5.53. The monoisotopic (exact) mass is 221 g/mol. The Morgan fingerprint density at radius 2 is 2.06 bits per heavy atom. The molecule has 0 amide bonds. The first-order valence-corrected chi connectivity index (χ1v) is 6.62. The van der Waals surface area contributed by atoms with E-state index in [0.717, 1.165) is 18.9 Å². The molecular weight excluding hydrogens is 198 g/mol. The lowest BCUT2D eigenvalue weighted by Crippen LogP contribution is -2.14. The molecule has 0 radical (unpaired) electrons. The molecule has 0 bridgehead atoms. The SMILES string of the molecule is CC(C)Cn1cnnc1CC1CCCCC1. The van der Waals surface area contributed by atoms with E-state index in [1.54, 1.807) is 0 Å². The van der Waals surface area contributed by atoms with Gasteiger partial charge in [0.05, 0.1) is 0 Å². The van der Waals surface area contributed by atoms with Crippen molar-refractivity contribution in [2.75, 3.05) is 0 Å². The van der Waals surface area contributed by atoms with Crippen LogP contribution in [0.15, 0.2) is 6.33 Å². The van der Waals surface area contributed by atoms with Crippen molar-refractivity contribution in [1.82, 2.24) is 14.8 Å². The number of hydrogen-bond donors (Lipinski definition) is 0. The number of rotatable bonds is 4. The Morgan fingerprint density at radius 1 is 1.31 bits per heavy atom. The van der Waals surface area contributed by atoms with Gasteiger partial charge in [0.15, 0.2) is 0 Å². The Balaban J connectivity index is 1.94. The Kier molecular flexibility index (Phi) is 3.97. The van der Waals surface area contributed by atoms with Crippen molar-refractivity contribution in [1.29, 1.82) is 0 Å². The van der Waals surface area contributed by atoms with Gasteiger partial charge in [-0.05, 0) is 11.8 Å². The lowest BCUT2D eigenvalue weighted by molar-refractivity contribution is 0.345. The highest BCUT2D eigenvalue weighted by Crippen LogP contribution is 2.26. The molecule has 0 unspecified atom stereocenters. The first-order valence-electron chi connectivity index (χ1n) is 6.62. The molecule has 1 aromatic heterocycles. The molecule has 0 spiro atoms. The van der Waals surface area contributed by atoms with Crippen LogP contribution in [0.5, 0.6) is 0 Å². The van der Waals surface area contributed by atoms with Crippen LogP contribution in [-0.4, -0.2) is 14.8 Å². The van der Waals surface area contributed by atoms with E-state index in [2.05, 4.69) is 28.6 Å². The molecule has 1 aliphatic carbocycles. The molecule has 1 aromatic rings. The minimum Gasteiger partial charge on any atom is -0.317 e. The zero-order valence-corrected chi connectivity index (χ0v) is 10.5. The summed E-state index contributed by atoms with van der Waals surface area (Å²) in [6.07, 6.45) is 10.0. The van der Waals surface area contributed by atoms with Gasteiger partial charge in [-0.15, -0.1) is 10.2 Å². The summed E-state index contributed by atoms with van der Waals surface area (Å²) in [5.74, 6) is 2.71. The lowest BCUT2D eigenvalue weighted by atomic mass is 9.87. The maximum absolute atomic E-state index is 4.28. The predicted octanol–water partition coefficient (Wildman–Crippen LogP) is 3.06. The van der Waals surface area contributed by atoms with Gasteiger partial charge < -0.3 is 4.57 Å². The highest BCUT2D eigenvalue weighted by atomic mass is 15.3. The van der Waals surface area contributed by atoms with E-state index in [1.165, 1.54) is 37.9 Å². The van der Waals surface area contributed by atoms with Gasteiger partial charge in [0.25, 0.3) is 0 Å². The standard InChI is InChI=1S/C13H23N3/c1-11(2)9-16-10-14-15-13(16)8-12-6-4-3-5-7-12/h10-12H,3-9H2,1-2H3. The Labute approximate surface area is 98.3 Å². The summed E-state index contributed by atoms with van der Waals surface area (Å²) in [5.41, 5.74) is 0. The van der Waals surface area contributed by atoms with Gasteiger partial charge in [0.1, 0.15) is 12.2 Å². The number of nitrogens with zero attached hydrogens (tertiary/aromatic N) is 3. The summed E-state index contributed by atoms with van der Waals surface area (Å²) >= 11 is 0. The number of hydrogen-bond acceptors (Lipinski definition) is 2. The van der Waals surface area contributed by atoms with Crippen LogP contribution >= 0.6 is 0 Å². The molecule has 1 aliphatic rings. The third-order valence-electron chi connectivity index (χ3n) is 3.45. The Bertz CT molecular complexity index is 311. The van der Waals surface area contributed by atoms with Gasteiger partial charge in [-0.1, -0.05) is 46.0 Å². The van der Waals surface area contributed by atoms with E-state index in [4.69, 9.17) is 0 Å². The van der Waals surface area contributed by atoms with Gasteiger partial charge in [0, 0.05) is 13.0 Å². The second-order valence-corrected chi connectivity index (χ2v) is 5.50. The zero-order chi connectivity index (χ0) is 11.4. The fourth-order valence-electron chi connectivity index (χ4n) is 2.63. The van der Waals surface area contributed by atoms with Gasteiger partial charge in [-0.25, -0.2) is 0 Å². The first-order chi connectivity index (χ1) is 7.75. The fraction of sp³-hybridized carbons (Fsp3) is 0.846. The van der Waals surface area contributed by atoms with E-state index >= 15 is 0 Å². The topological polar surface area (TPSA) is 30.7 Å². The molecule has 3 nitrogen and oxygen atoms in total. The second kappa shape index (κ2) is 5.46. The Morgan fingerprint density at radius 3 is 2.75 bits per heavy atom. The predicted molar refractivity (Wildman–Crippen MR) is 65.1 cm³/mol. The van der Waals surface area contributed by atoms with Crippen LogP contribution in [0.3, 0.4) is 0 Å². The highest BCUT2D eigenvalue weighted by molar-refractivity contribution is 4.89. The zero-order valence-electron chi connectivity index (χ0n) is 10.5.